The van der Waals surface area contributed by atoms with Crippen molar-refractivity contribution >= 4 is 34.7 Å². The van der Waals surface area contributed by atoms with Gasteiger partial charge >= 0.3 is 0 Å². The zero-order valence-corrected chi connectivity index (χ0v) is 15.5. The molecule has 1 heterocycles. The number of halogens is 1. The molecular weight excluding hydrogens is 362 g/mol. The lowest BCUT2D eigenvalue weighted by Crippen LogP contribution is -2.23. The van der Waals surface area contributed by atoms with Crippen LogP contribution in [-0.4, -0.2) is 16.7 Å². The SMILES string of the molecule is CC(=O)c1ccc(Nc2ccc(C(=O)NCc3ccccc3Cl)nc2)cc1. The van der Waals surface area contributed by atoms with Gasteiger partial charge in [-0.3, -0.25) is 9.59 Å². The maximum Gasteiger partial charge on any atom is 0.270 e. The molecule has 5 nitrogen and oxygen atoms in total. The number of aromatic nitrogens is 1. The second kappa shape index (κ2) is 8.47. The number of amides is 1. The fourth-order valence-corrected chi connectivity index (χ4v) is 2.67. The maximum absolute atomic E-state index is 12.2. The van der Waals surface area contributed by atoms with Crippen molar-refractivity contribution in [2.75, 3.05) is 5.32 Å². The van der Waals surface area contributed by atoms with Crippen LogP contribution in [0, 0.1) is 0 Å². The maximum atomic E-state index is 12.2. The minimum absolute atomic E-state index is 0.0235. The molecule has 2 aromatic carbocycles. The van der Waals surface area contributed by atoms with Crippen LogP contribution in [0.4, 0.5) is 11.4 Å². The van der Waals surface area contributed by atoms with Crippen molar-refractivity contribution in [2.45, 2.75) is 13.5 Å². The summed E-state index contributed by atoms with van der Waals surface area (Å²) < 4.78 is 0. The van der Waals surface area contributed by atoms with Gasteiger partial charge in [0.25, 0.3) is 5.91 Å². The molecule has 136 valence electrons. The molecule has 1 amide bonds. The van der Waals surface area contributed by atoms with Crippen LogP contribution in [0.3, 0.4) is 0 Å². The molecule has 3 aromatic rings. The Labute approximate surface area is 162 Å². The van der Waals surface area contributed by atoms with Gasteiger partial charge in [-0.05, 0) is 55.0 Å². The van der Waals surface area contributed by atoms with Gasteiger partial charge in [0.2, 0.25) is 0 Å². The summed E-state index contributed by atoms with van der Waals surface area (Å²) in [5.41, 5.74) is 3.40. The summed E-state index contributed by atoms with van der Waals surface area (Å²) in [7, 11) is 0. The van der Waals surface area contributed by atoms with Crippen LogP contribution in [0.2, 0.25) is 5.02 Å². The predicted octanol–water partition coefficient (Wildman–Crippen LogP) is 4.61. The van der Waals surface area contributed by atoms with Crippen LogP contribution in [0.15, 0.2) is 66.9 Å². The molecule has 0 radical (unpaired) electrons. The molecular formula is C21H18ClN3O2. The van der Waals surface area contributed by atoms with E-state index in [-0.39, 0.29) is 11.7 Å². The second-order valence-corrected chi connectivity index (χ2v) is 6.37. The van der Waals surface area contributed by atoms with Crippen molar-refractivity contribution in [1.82, 2.24) is 10.3 Å². The number of carbonyl (C=O) groups is 2. The Morgan fingerprint density at radius 1 is 0.963 bits per heavy atom. The Morgan fingerprint density at radius 3 is 2.30 bits per heavy atom. The summed E-state index contributed by atoms with van der Waals surface area (Å²) in [6, 6.07) is 17.9. The summed E-state index contributed by atoms with van der Waals surface area (Å²) in [6.45, 7) is 1.87. The minimum atomic E-state index is -0.271. The Hall–Kier alpha value is -3.18. The van der Waals surface area contributed by atoms with Gasteiger partial charge in [0, 0.05) is 22.8 Å². The predicted molar refractivity (Wildman–Crippen MR) is 107 cm³/mol. The minimum Gasteiger partial charge on any atom is -0.354 e. The highest BCUT2D eigenvalue weighted by molar-refractivity contribution is 6.31. The van der Waals surface area contributed by atoms with Crippen molar-refractivity contribution in [1.29, 1.82) is 0 Å². The van der Waals surface area contributed by atoms with Crippen LogP contribution >= 0.6 is 11.6 Å². The fraction of sp³-hybridized carbons (Fsp3) is 0.0952. The lowest BCUT2D eigenvalue weighted by atomic mass is 10.1. The molecule has 6 heteroatoms. The van der Waals surface area contributed by atoms with E-state index in [2.05, 4.69) is 15.6 Å². The first-order chi connectivity index (χ1) is 13.0. The van der Waals surface area contributed by atoms with Crippen molar-refractivity contribution in [2.24, 2.45) is 0 Å². The van der Waals surface area contributed by atoms with Gasteiger partial charge in [0.05, 0.1) is 11.9 Å². The number of Topliss-reactive ketones (excluding diaryl/α,β-unsaturated/α-hetero) is 1. The normalized spacial score (nSPS) is 10.3. The Morgan fingerprint density at radius 2 is 1.67 bits per heavy atom. The average Bonchev–Trinajstić information content (AvgIpc) is 2.68. The van der Waals surface area contributed by atoms with E-state index in [1.165, 1.54) is 6.92 Å². The lowest BCUT2D eigenvalue weighted by Gasteiger charge is -2.09. The van der Waals surface area contributed by atoms with E-state index in [1.807, 2.05) is 30.3 Å². The van der Waals surface area contributed by atoms with Gasteiger partial charge in [-0.25, -0.2) is 4.98 Å². The third-order valence-electron chi connectivity index (χ3n) is 3.97. The van der Waals surface area contributed by atoms with Crippen LogP contribution < -0.4 is 10.6 Å². The zero-order chi connectivity index (χ0) is 19.2. The van der Waals surface area contributed by atoms with Crippen LogP contribution in [0.5, 0.6) is 0 Å². The second-order valence-electron chi connectivity index (χ2n) is 5.96. The highest BCUT2D eigenvalue weighted by Crippen LogP contribution is 2.17. The number of carbonyl (C=O) groups excluding carboxylic acids is 2. The van der Waals surface area contributed by atoms with E-state index < -0.39 is 0 Å². The molecule has 1 aromatic heterocycles. The number of rotatable bonds is 6. The van der Waals surface area contributed by atoms with Crippen LogP contribution in [-0.2, 0) is 6.54 Å². The number of benzene rings is 2. The standard InChI is InChI=1S/C21H18ClN3O2/c1-14(26)15-6-8-17(9-7-15)25-18-10-11-20(23-13-18)21(27)24-12-16-4-2-3-5-19(16)22/h2-11,13,25H,12H2,1H3,(H,24,27). The number of nitrogens with one attached hydrogen (secondary N) is 2. The first-order valence-corrected chi connectivity index (χ1v) is 8.76. The van der Waals surface area contributed by atoms with Gasteiger partial charge in [0.1, 0.15) is 5.69 Å². The summed E-state index contributed by atoms with van der Waals surface area (Å²) in [5.74, 6) is -0.248. The molecule has 0 fully saturated rings. The smallest absolute Gasteiger partial charge is 0.270 e. The number of anilines is 2. The highest BCUT2D eigenvalue weighted by atomic mass is 35.5. The Kier molecular flexibility index (Phi) is 5.84. The van der Waals surface area contributed by atoms with E-state index in [9.17, 15) is 9.59 Å². The largest absolute Gasteiger partial charge is 0.354 e. The van der Waals surface area contributed by atoms with Gasteiger partial charge in [-0.15, -0.1) is 0 Å². The average molecular weight is 380 g/mol. The number of ketones is 1. The van der Waals surface area contributed by atoms with Crippen LogP contribution in [0.1, 0.15) is 33.3 Å². The summed E-state index contributed by atoms with van der Waals surface area (Å²) >= 11 is 6.08. The molecule has 0 aliphatic heterocycles. The summed E-state index contributed by atoms with van der Waals surface area (Å²) in [6.07, 6.45) is 1.59. The molecule has 2 N–H and O–H groups in total. The summed E-state index contributed by atoms with van der Waals surface area (Å²) in [4.78, 5) is 27.7. The quantitative estimate of drug-likeness (QED) is 0.613. The van der Waals surface area contributed by atoms with E-state index in [0.717, 1.165) is 16.9 Å². The van der Waals surface area contributed by atoms with Gasteiger partial charge in [-0.2, -0.15) is 0 Å². The first-order valence-electron chi connectivity index (χ1n) is 8.38. The van der Waals surface area contributed by atoms with Gasteiger partial charge < -0.3 is 10.6 Å². The molecule has 3 rings (SSSR count). The number of nitrogens with zero attached hydrogens (tertiary/aromatic N) is 1. The third-order valence-corrected chi connectivity index (χ3v) is 4.34. The van der Waals surface area contributed by atoms with Gasteiger partial charge in [-0.1, -0.05) is 29.8 Å². The third kappa shape index (κ3) is 4.92. The lowest BCUT2D eigenvalue weighted by molar-refractivity contribution is 0.0945. The number of hydrogen-bond acceptors (Lipinski definition) is 4. The summed E-state index contributed by atoms with van der Waals surface area (Å²) in [5, 5.41) is 6.59. The Balaban J connectivity index is 1.60. The van der Waals surface area contributed by atoms with Crippen LogP contribution in [0.25, 0.3) is 0 Å². The molecule has 0 aliphatic carbocycles. The molecule has 0 bridgehead atoms. The number of pyridine rings is 1. The molecule has 0 saturated heterocycles. The molecule has 0 atom stereocenters. The monoisotopic (exact) mass is 379 g/mol. The highest BCUT2D eigenvalue weighted by Gasteiger charge is 2.08. The molecule has 0 aliphatic rings. The van der Waals surface area contributed by atoms with Crippen molar-refractivity contribution in [3.05, 3.63) is 88.7 Å². The van der Waals surface area contributed by atoms with Crippen molar-refractivity contribution in [3.8, 4) is 0 Å². The fourth-order valence-electron chi connectivity index (χ4n) is 2.46. The van der Waals surface area contributed by atoms with Gasteiger partial charge in [0.15, 0.2) is 5.78 Å². The molecule has 0 spiro atoms. The molecule has 0 unspecified atom stereocenters. The van der Waals surface area contributed by atoms with Crippen molar-refractivity contribution in [3.63, 3.8) is 0 Å². The number of hydrogen-bond donors (Lipinski definition) is 2. The van der Waals surface area contributed by atoms with E-state index in [0.29, 0.717) is 22.8 Å². The zero-order valence-electron chi connectivity index (χ0n) is 14.7. The topological polar surface area (TPSA) is 71.1 Å². The molecule has 0 saturated carbocycles. The first kappa shape index (κ1) is 18.6. The van der Waals surface area contributed by atoms with E-state index in [1.54, 1.807) is 36.5 Å². The molecule has 27 heavy (non-hydrogen) atoms. The Bertz CT molecular complexity index is 954. The van der Waals surface area contributed by atoms with E-state index >= 15 is 0 Å². The van der Waals surface area contributed by atoms with Crippen molar-refractivity contribution < 1.29 is 9.59 Å². The van der Waals surface area contributed by atoms with E-state index in [4.69, 9.17) is 11.6 Å².